The Hall–Kier alpha value is -2.48. The molecule has 7 nitrogen and oxygen atoms in total. The first-order valence-corrected chi connectivity index (χ1v) is 9.55. The van der Waals surface area contributed by atoms with Gasteiger partial charge in [-0.1, -0.05) is 38.2 Å². The maximum atomic E-state index is 12.5. The summed E-state index contributed by atoms with van der Waals surface area (Å²) in [5, 5.41) is 8.87. The Labute approximate surface area is 156 Å². The van der Waals surface area contributed by atoms with Crippen LogP contribution in [0.5, 0.6) is 0 Å². The van der Waals surface area contributed by atoms with Gasteiger partial charge in [-0.3, -0.25) is 9.78 Å². The van der Waals surface area contributed by atoms with E-state index >= 15 is 0 Å². The molecule has 1 aliphatic heterocycles. The molecule has 8 heteroatoms. The number of nitrogens with one attached hydrogen (secondary N) is 1. The van der Waals surface area contributed by atoms with E-state index in [1.807, 2.05) is 27.7 Å². The Morgan fingerprint density at radius 1 is 1.35 bits per heavy atom. The lowest BCUT2D eigenvalue weighted by atomic mass is 9.93. The number of rotatable bonds is 3. The second-order valence-electron chi connectivity index (χ2n) is 7.61. The van der Waals surface area contributed by atoms with E-state index in [1.165, 1.54) is 0 Å². The number of likely N-dealkylation sites (tertiary alicyclic amines) is 1. The molecule has 1 atom stereocenters. The predicted octanol–water partition coefficient (Wildman–Crippen LogP) is 2.81. The zero-order valence-corrected chi connectivity index (χ0v) is 16.0. The minimum Gasteiger partial charge on any atom is -0.355 e. The number of hydrogen-bond acceptors (Lipinski definition) is 6. The summed E-state index contributed by atoms with van der Waals surface area (Å²) in [6, 6.07) is 5.60. The molecule has 1 amide bonds. The number of amides is 1. The summed E-state index contributed by atoms with van der Waals surface area (Å²) in [5.41, 5.74) is 1.55. The van der Waals surface area contributed by atoms with Crippen LogP contribution in [0.4, 0.5) is 5.13 Å². The van der Waals surface area contributed by atoms with Gasteiger partial charge in [0.15, 0.2) is 0 Å². The van der Waals surface area contributed by atoms with Crippen LogP contribution in [0.2, 0.25) is 0 Å². The van der Waals surface area contributed by atoms with E-state index in [2.05, 4.69) is 41.2 Å². The summed E-state index contributed by atoms with van der Waals surface area (Å²) in [5.74, 6) is -0.0151. The predicted molar refractivity (Wildman–Crippen MR) is 102 cm³/mol. The van der Waals surface area contributed by atoms with Crippen molar-refractivity contribution in [3.05, 3.63) is 42.0 Å². The molecule has 136 valence electrons. The first kappa shape index (κ1) is 17.0. The zero-order chi connectivity index (χ0) is 18.3. The van der Waals surface area contributed by atoms with Crippen molar-refractivity contribution in [1.82, 2.24) is 24.5 Å². The lowest BCUT2D eigenvalue weighted by Crippen LogP contribution is -2.32. The fourth-order valence-corrected chi connectivity index (χ4v) is 3.87. The lowest BCUT2D eigenvalue weighted by Gasteiger charge is -2.16. The number of carbonyl (C=O) groups excluding carboxylic acids is 1. The highest BCUT2D eigenvalue weighted by Gasteiger charge is 2.28. The minimum atomic E-state index is -0.0151. The molecule has 4 heterocycles. The molecule has 4 rings (SSSR count). The molecule has 0 aromatic carbocycles. The van der Waals surface area contributed by atoms with E-state index in [9.17, 15) is 4.79 Å². The lowest BCUT2D eigenvalue weighted by molar-refractivity contribution is 0.0786. The Morgan fingerprint density at radius 3 is 2.88 bits per heavy atom. The van der Waals surface area contributed by atoms with Gasteiger partial charge in [0, 0.05) is 30.7 Å². The number of fused-ring (bicyclic) bond motifs is 1. The molecule has 0 spiro atoms. The summed E-state index contributed by atoms with van der Waals surface area (Å²) < 4.78 is 1.83. The summed E-state index contributed by atoms with van der Waals surface area (Å²) >= 11 is 1.54. The SMILES string of the molecule is CC(C)(C)c1cn2nc(NC3CCN(C(=O)c4ccccn4)C3)sc2n1. The molecule has 3 aromatic rings. The van der Waals surface area contributed by atoms with E-state index in [4.69, 9.17) is 0 Å². The van der Waals surface area contributed by atoms with Gasteiger partial charge in [0.05, 0.1) is 11.9 Å². The maximum Gasteiger partial charge on any atom is 0.272 e. The Morgan fingerprint density at radius 2 is 2.19 bits per heavy atom. The molecule has 1 saturated heterocycles. The van der Waals surface area contributed by atoms with Crippen LogP contribution in [0.25, 0.3) is 4.96 Å². The molecule has 3 aromatic heterocycles. The van der Waals surface area contributed by atoms with Crippen molar-refractivity contribution >= 4 is 27.3 Å². The quantitative estimate of drug-likeness (QED) is 0.767. The van der Waals surface area contributed by atoms with E-state index in [1.54, 1.807) is 23.6 Å². The van der Waals surface area contributed by atoms with Gasteiger partial charge in [-0.2, -0.15) is 0 Å². The Bertz CT molecular complexity index is 895. The highest BCUT2D eigenvalue weighted by Crippen LogP contribution is 2.27. The topological polar surface area (TPSA) is 75.4 Å². The van der Waals surface area contributed by atoms with Gasteiger partial charge in [-0.05, 0) is 18.6 Å². The van der Waals surface area contributed by atoms with Crippen molar-refractivity contribution in [2.75, 3.05) is 18.4 Å². The Balaban J connectivity index is 1.41. The second kappa shape index (κ2) is 6.35. The minimum absolute atomic E-state index is 0.0127. The highest BCUT2D eigenvalue weighted by molar-refractivity contribution is 7.20. The molecule has 26 heavy (non-hydrogen) atoms. The average Bonchev–Trinajstić information content (AvgIpc) is 3.29. The van der Waals surface area contributed by atoms with Crippen molar-refractivity contribution in [3.63, 3.8) is 0 Å². The standard InChI is InChI=1S/C18H22N6OS/c1-18(2,3)14-11-24-17(21-14)26-16(22-24)20-12-7-9-23(10-12)15(25)13-6-4-5-8-19-13/h4-6,8,11-12H,7,9-10H2,1-3H3,(H,20,22). The third-order valence-electron chi connectivity index (χ3n) is 4.50. The molecular weight excluding hydrogens is 348 g/mol. The second-order valence-corrected chi connectivity index (χ2v) is 8.56. The molecule has 0 bridgehead atoms. The van der Waals surface area contributed by atoms with Crippen molar-refractivity contribution in [2.45, 2.75) is 38.6 Å². The largest absolute Gasteiger partial charge is 0.355 e. The van der Waals surface area contributed by atoms with Gasteiger partial charge in [-0.15, -0.1) is 5.10 Å². The van der Waals surface area contributed by atoms with E-state index in [-0.39, 0.29) is 17.4 Å². The van der Waals surface area contributed by atoms with E-state index < -0.39 is 0 Å². The van der Waals surface area contributed by atoms with Crippen LogP contribution < -0.4 is 5.32 Å². The molecule has 1 aliphatic rings. The Kier molecular flexibility index (Phi) is 4.14. The van der Waals surface area contributed by atoms with Crippen molar-refractivity contribution in [1.29, 1.82) is 0 Å². The van der Waals surface area contributed by atoms with E-state index in [0.29, 0.717) is 12.2 Å². The number of pyridine rings is 1. The number of anilines is 1. The number of nitrogens with zero attached hydrogens (tertiary/aromatic N) is 5. The van der Waals surface area contributed by atoms with Crippen LogP contribution in [0.3, 0.4) is 0 Å². The smallest absolute Gasteiger partial charge is 0.272 e. The molecule has 1 unspecified atom stereocenters. The number of hydrogen-bond donors (Lipinski definition) is 1. The monoisotopic (exact) mass is 370 g/mol. The van der Waals surface area contributed by atoms with Gasteiger partial charge in [0.1, 0.15) is 5.69 Å². The third kappa shape index (κ3) is 3.29. The summed E-state index contributed by atoms with van der Waals surface area (Å²) in [6.07, 6.45) is 4.53. The zero-order valence-electron chi connectivity index (χ0n) is 15.1. The van der Waals surface area contributed by atoms with Gasteiger partial charge < -0.3 is 10.2 Å². The first-order valence-electron chi connectivity index (χ1n) is 8.74. The average molecular weight is 370 g/mol. The molecular formula is C18H22N6OS. The molecule has 0 radical (unpaired) electrons. The molecule has 0 aliphatic carbocycles. The van der Waals surface area contributed by atoms with Crippen LogP contribution in [0, 0.1) is 0 Å². The van der Waals surface area contributed by atoms with Crippen LogP contribution in [-0.4, -0.2) is 49.5 Å². The number of imidazole rings is 1. The van der Waals surface area contributed by atoms with Gasteiger partial charge >= 0.3 is 0 Å². The molecule has 1 fully saturated rings. The van der Waals surface area contributed by atoms with Crippen molar-refractivity contribution in [2.24, 2.45) is 0 Å². The molecule has 1 N–H and O–H groups in total. The van der Waals surface area contributed by atoms with Crippen molar-refractivity contribution < 1.29 is 4.79 Å². The summed E-state index contributed by atoms with van der Waals surface area (Å²) in [7, 11) is 0. The van der Waals surface area contributed by atoms with Gasteiger partial charge in [0.2, 0.25) is 10.1 Å². The van der Waals surface area contributed by atoms with Crippen LogP contribution in [0.1, 0.15) is 43.4 Å². The fourth-order valence-electron chi connectivity index (χ4n) is 3.01. The van der Waals surface area contributed by atoms with Crippen LogP contribution in [-0.2, 0) is 5.41 Å². The normalized spacial score (nSPS) is 17.8. The summed E-state index contributed by atoms with van der Waals surface area (Å²) in [4.78, 5) is 24.0. The van der Waals surface area contributed by atoms with Crippen LogP contribution in [0.15, 0.2) is 30.6 Å². The van der Waals surface area contributed by atoms with Crippen molar-refractivity contribution in [3.8, 4) is 0 Å². The summed E-state index contributed by atoms with van der Waals surface area (Å²) in [6.45, 7) is 7.81. The van der Waals surface area contributed by atoms with Gasteiger partial charge in [-0.25, -0.2) is 9.50 Å². The number of aromatic nitrogens is 4. The number of carbonyl (C=O) groups is 1. The fraction of sp³-hybridized carbons (Fsp3) is 0.444. The van der Waals surface area contributed by atoms with Gasteiger partial charge in [0.25, 0.3) is 5.91 Å². The van der Waals surface area contributed by atoms with Crippen LogP contribution >= 0.6 is 11.3 Å². The first-order chi connectivity index (χ1) is 12.4. The third-order valence-corrected chi connectivity index (χ3v) is 5.35. The highest BCUT2D eigenvalue weighted by atomic mass is 32.1. The molecule has 0 saturated carbocycles. The van der Waals surface area contributed by atoms with E-state index in [0.717, 1.165) is 28.8 Å². The maximum absolute atomic E-state index is 12.5.